The van der Waals surface area contributed by atoms with E-state index in [1.54, 1.807) is 12.1 Å². The Morgan fingerprint density at radius 2 is 1.75 bits per heavy atom. The lowest BCUT2D eigenvalue weighted by atomic mass is 10.1. The van der Waals surface area contributed by atoms with Gasteiger partial charge in [-0.3, -0.25) is 4.90 Å². The summed E-state index contributed by atoms with van der Waals surface area (Å²) < 4.78 is 25.2. The Labute approximate surface area is 121 Å². The molecule has 1 aromatic rings. The summed E-state index contributed by atoms with van der Waals surface area (Å²) in [6.07, 6.45) is -2.40. The minimum atomic E-state index is -2.40. The third-order valence-corrected chi connectivity index (χ3v) is 3.41. The number of hydrogen-bond acceptors (Lipinski definition) is 2. The molecule has 1 rings (SSSR count). The second-order valence-corrected chi connectivity index (χ2v) is 5.65. The van der Waals surface area contributed by atoms with Crippen molar-refractivity contribution < 1.29 is 8.78 Å². The molecule has 0 saturated heterocycles. The highest BCUT2D eigenvalue weighted by atomic mass is 19.3. The van der Waals surface area contributed by atoms with Gasteiger partial charge in [0.25, 0.3) is 6.43 Å². The zero-order chi connectivity index (χ0) is 15.1. The van der Waals surface area contributed by atoms with E-state index in [4.69, 9.17) is 0 Å². The fourth-order valence-electron chi connectivity index (χ4n) is 2.39. The lowest BCUT2D eigenvalue weighted by Gasteiger charge is -2.30. The molecule has 0 aliphatic carbocycles. The molecule has 4 heteroatoms. The summed E-state index contributed by atoms with van der Waals surface area (Å²) in [7, 11) is 0. The molecular weight excluding hydrogens is 258 g/mol. The predicted molar refractivity (Wildman–Crippen MR) is 80.1 cm³/mol. The monoisotopic (exact) mass is 284 g/mol. The molecule has 0 unspecified atom stereocenters. The van der Waals surface area contributed by atoms with Crippen LogP contribution in [-0.2, 0) is 6.54 Å². The predicted octanol–water partition coefficient (Wildman–Crippen LogP) is 3.83. The first-order valence-electron chi connectivity index (χ1n) is 7.25. The van der Waals surface area contributed by atoms with Crippen LogP contribution in [0.2, 0.25) is 0 Å². The van der Waals surface area contributed by atoms with Crippen LogP contribution in [0, 0.1) is 0 Å². The van der Waals surface area contributed by atoms with Crippen molar-refractivity contribution in [2.24, 2.45) is 0 Å². The third-order valence-electron chi connectivity index (χ3n) is 3.41. The fourth-order valence-corrected chi connectivity index (χ4v) is 2.39. The van der Waals surface area contributed by atoms with Crippen LogP contribution in [0.1, 0.15) is 45.2 Å². The van der Waals surface area contributed by atoms with Crippen molar-refractivity contribution in [3.05, 3.63) is 35.4 Å². The Kier molecular flexibility index (Phi) is 7.10. The summed E-state index contributed by atoms with van der Waals surface area (Å²) in [6, 6.07) is 7.63. The molecule has 114 valence electrons. The first kappa shape index (κ1) is 17.1. The second kappa shape index (κ2) is 8.32. The molecule has 20 heavy (non-hydrogen) atoms. The van der Waals surface area contributed by atoms with Crippen LogP contribution >= 0.6 is 0 Å². The van der Waals surface area contributed by atoms with Crippen molar-refractivity contribution in [1.29, 1.82) is 0 Å². The highest BCUT2D eigenvalue weighted by Crippen LogP contribution is 2.19. The van der Waals surface area contributed by atoms with E-state index in [0.29, 0.717) is 18.6 Å². The van der Waals surface area contributed by atoms with Gasteiger partial charge in [0.2, 0.25) is 0 Å². The van der Waals surface area contributed by atoms with E-state index in [9.17, 15) is 8.78 Å². The zero-order valence-corrected chi connectivity index (χ0v) is 12.9. The summed E-state index contributed by atoms with van der Waals surface area (Å²) >= 11 is 0. The molecule has 0 amide bonds. The van der Waals surface area contributed by atoms with E-state index in [1.165, 1.54) is 6.07 Å². The maximum Gasteiger partial charge on any atom is 0.263 e. The minimum absolute atomic E-state index is 0.0929. The average Bonchev–Trinajstić information content (AvgIpc) is 2.37. The van der Waals surface area contributed by atoms with E-state index in [1.807, 2.05) is 6.07 Å². The molecule has 0 bridgehead atoms. The summed E-state index contributed by atoms with van der Waals surface area (Å²) in [5.41, 5.74) is 0.999. The number of nitrogens with one attached hydrogen (secondary N) is 1. The van der Waals surface area contributed by atoms with Crippen molar-refractivity contribution in [2.75, 3.05) is 13.1 Å². The van der Waals surface area contributed by atoms with Gasteiger partial charge in [-0.2, -0.15) is 0 Å². The van der Waals surface area contributed by atoms with Gasteiger partial charge < -0.3 is 5.32 Å². The zero-order valence-electron chi connectivity index (χ0n) is 12.9. The van der Waals surface area contributed by atoms with E-state index in [-0.39, 0.29) is 5.56 Å². The standard InChI is InChI=1S/C16H26F2N2/c1-12(2)20(13(3)4)9-8-19-11-14-6-5-7-15(10-14)16(17)18/h5-7,10,12-13,16,19H,8-9,11H2,1-4H3. The molecule has 0 radical (unpaired) electrons. The quantitative estimate of drug-likeness (QED) is 0.730. The first-order valence-corrected chi connectivity index (χ1v) is 7.25. The number of hydrogen-bond donors (Lipinski definition) is 1. The van der Waals surface area contributed by atoms with Crippen molar-refractivity contribution in [2.45, 2.75) is 52.7 Å². The fraction of sp³-hybridized carbons (Fsp3) is 0.625. The smallest absolute Gasteiger partial charge is 0.263 e. The van der Waals surface area contributed by atoms with Crippen molar-refractivity contribution >= 4 is 0 Å². The molecule has 0 heterocycles. The molecule has 2 nitrogen and oxygen atoms in total. The number of alkyl halides is 2. The normalized spacial score (nSPS) is 12.1. The molecule has 0 saturated carbocycles. The largest absolute Gasteiger partial charge is 0.311 e. The number of nitrogens with zero attached hydrogens (tertiary/aromatic N) is 1. The minimum Gasteiger partial charge on any atom is -0.311 e. The Morgan fingerprint density at radius 1 is 1.10 bits per heavy atom. The summed E-state index contributed by atoms with van der Waals surface area (Å²) in [6.45, 7) is 11.2. The first-order chi connectivity index (χ1) is 9.41. The van der Waals surface area contributed by atoms with Crippen molar-refractivity contribution in [1.82, 2.24) is 10.2 Å². The molecule has 0 aromatic heterocycles. The van der Waals surface area contributed by atoms with Crippen LogP contribution in [0.25, 0.3) is 0 Å². The second-order valence-electron chi connectivity index (χ2n) is 5.65. The van der Waals surface area contributed by atoms with Crippen LogP contribution < -0.4 is 5.32 Å². The van der Waals surface area contributed by atoms with E-state index >= 15 is 0 Å². The van der Waals surface area contributed by atoms with Gasteiger partial charge in [0.1, 0.15) is 0 Å². The molecular formula is C16H26F2N2. The van der Waals surface area contributed by atoms with Crippen molar-refractivity contribution in [3.63, 3.8) is 0 Å². The van der Waals surface area contributed by atoms with Crippen LogP contribution in [0.15, 0.2) is 24.3 Å². The van der Waals surface area contributed by atoms with Gasteiger partial charge in [-0.05, 0) is 39.3 Å². The molecule has 0 aliphatic rings. The highest BCUT2D eigenvalue weighted by Gasteiger charge is 2.12. The highest BCUT2D eigenvalue weighted by molar-refractivity contribution is 5.24. The van der Waals surface area contributed by atoms with E-state index in [0.717, 1.165) is 18.7 Å². The van der Waals surface area contributed by atoms with Gasteiger partial charge in [-0.25, -0.2) is 8.78 Å². The van der Waals surface area contributed by atoms with Crippen LogP contribution in [0.5, 0.6) is 0 Å². The third kappa shape index (κ3) is 5.55. The lowest BCUT2D eigenvalue weighted by Crippen LogP contribution is -2.41. The van der Waals surface area contributed by atoms with Crippen LogP contribution in [-0.4, -0.2) is 30.1 Å². The van der Waals surface area contributed by atoms with Crippen LogP contribution in [0.3, 0.4) is 0 Å². The van der Waals surface area contributed by atoms with E-state index in [2.05, 4.69) is 37.9 Å². The Morgan fingerprint density at radius 3 is 2.30 bits per heavy atom. The van der Waals surface area contributed by atoms with Gasteiger partial charge in [-0.1, -0.05) is 18.2 Å². The Bertz CT molecular complexity index is 384. The van der Waals surface area contributed by atoms with Gasteiger partial charge >= 0.3 is 0 Å². The molecule has 0 fully saturated rings. The maximum absolute atomic E-state index is 12.6. The van der Waals surface area contributed by atoms with E-state index < -0.39 is 6.43 Å². The lowest BCUT2D eigenvalue weighted by molar-refractivity contribution is 0.151. The molecule has 0 atom stereocenters. The Balaban J connectivity index is 2.39. The Hall–Kier alpha value is -1.00. The van der Waals surface area contributed by atoms with Crippen LogP contribution in [0.4, 0.5) is 8.78 Å². The molecule has 1 N–H and O–H groups in total. The molecule has 1 aromatic carbocycles. The SMILES string of the molecule is CC(C)N(CCNCc1cccc(C(F)F)c1)C(C)C. The number of halogens is 2. The maximum atomic E-state index is 12.6. The summed E-state index contributed by atoms with van der Waals surface area (Å²) in [4.78, 5) is 2.41. The van der Waals surface area contributed by atoms with Crippen molar-refractivity contribution in [3.8, 4) is 0 Å². The summed E-state index contributed by atoms with van der Waals surface area (Å²) in [5.74, 6) is 0. The molecule has 0 spiro atoms. The topological polar surface area (TPSA) is 15.3 Å². The van der Waals surface area contributed by atoms with Gasteiger partial charge in [0, 0.05) is 37.3 Å². The average molecular weight is 284 g/mol. The van der Waals surface area contributed by atoms with Gasteiger partial charge in [-0.15, -0.1) is 0 Å². The van der Waals surface area contributed by atoms with Gasteiger partial charge in [0.05, 0.1) is 0 Å². The summed E-state index contributed by atoms with van der Waals surface area (Å²) in [5, 5.41) is 3.32. The number of benzene rings is 1. The number of rotatable bonds is 8. The molecule has 0 aliphatic heterocycles. The van der Waals surface area contributed by atoms with Gasteiger partial charge in [0.15, 0.2) is 0 Å².